The fourth-order valence-corrected chi connectivity index (χ4v) is 3.82. The molecule has 1 heterocycles. The van der Waals surface area contributed by atoms with E-state index in [0.717, 1.165) is 16.5 Å². The maximum absolute atomic E-state index is 12.8. The van der Waals surface area contributed by atoms with Crippen molar-refractivity contribution in [1.29, 1.82) is 0 Å². The number of benzene rings is 3. The molecule has 2 N–H and O–H groups in total. The number of fused-ring (bicyclic) bond motifs is 1. The summed E-state index contributed by atoms with van der Waals surface area (Å²) < 4.78 is 0. The number of phenols is 1. The highest BCUT2D eigenvalue weighted by Crippen LogP contribution is 2.21. The highest BCUT2D eigenvalue weighted by atomic mass is 16.3. The van der Waals surface area contributed by atoms with E-state index in [4.69, 9.17) is 0 Å². The smallest absolute Gasteiger partial charge is 0.257 e. The third-order valence-electron chi connectivity index (χ3n) is 5.68. The molecule has 0 aliphatic carbocycles. The predicted molar refractivity (Wildman–Crippen MR) is 118 cm³/mol. The van der Waals surface area contributed by atoms with Crippen LogP contribution in [0.25, 0.3) is 10.8 Å². The number of nitrogens with one attached hydrogen (secondary N) is 1. The largest absolute Gasteiger partial charge is 0.507 e. The van der Waals surface area contributed by atoms with Gasteiger partial charge in [0, 0.05) is 31.9 Å². The number of anilines is 1. The van der Waals surface area contributed by atoms with Gasteiger partial charge >= 0.3 is 0 Å². The van der Waals surface area contributed by atoms with Crippen LogP contribution in [-0.2, 0) is 4.79 Å². The number of carbonyl (C=O) groups excluding carboxylic acids is 2. The number of rotatable bonds is 4. The lowest BCUT2D eigenvalue weighted by Crippen LogP contribution is -2.54. The van der Waals surface area contributed by atoms with Gasteiger partial charge in [0.25, 0.3) is 5.91 Å². The minimum Gasteiger partial charge on any atom is -0.507 e. The van der Waals surface area contributed by atoms with Crippen LogP contribution in [0.3, 0.4) is 0 Å². The topological polar surface area (TPSA) is 72.9 Å². The van der Waals surface area contributed by atoms with Crippen molar-refractivity contribution in [2.75, 3.05) is 31.5 Å². The molecule has 3 aromatic rings. The van der Waals surface area contributed by atoms with Crippen molar-refractivity contribution >= 4 is 28.3 Å². The SMILES string of the molecule is CC(C(=O)Nc1ccc2ccccc2c1)N1CCN(C(=O)c2ccccc2O)CC1. The third kappa shape index (κ3) is 4.14. The Morgan fingerprint density at radius 2 is 1.57 bits per heavy atom. The molecule has 1 aliphatic rings. The first-order chi connectivity index (χ1) is 14.5. The summed E-state index contributed by atoms with van der Waals surface area (Å²) in [7, 11) is 0. The van der Waals surface area contributed by atoms with Crippen molar-refractivity contribution < 1.29 is 14.7 Å². The van der Waals surface area contributed by atoms with Gasteiger partial charge in [-0.1, -0.05) is 42.5 Å². The Morgan fingerprint density at radius 1 is 0.900 bits per heavy atom. The number of nitrogens with zero attached hydrogens (tertiary/aromatic N) is 2. The summed E-state index contributed by atoms with van der Waals surface area (Å²) >= 11 is 0. The van der Waals surface area contributed by atoms with Gasteiger partial charge in [-0.15, -0.1) is 0 Å². The van der Waals surface area contributed by atoms with E-state index in [1.807, 2.05) is 49.4 Å². The van der Waals surface area contributed by atoms with Crippen LogP contribution in [0.4, 0.5) is 5.69 Å². The monoisotopic (exact) mass is 403 g/mol. The van der Waals surface area contributed by atoms with Crippen LogP contribution in [0.1, 0.15) is 17.3 Å². The first-order valence-corrected chi connectivity index (χ1v) is 10.1. The Morgan fingerprint density at radius 3 is 2.30 bits per heavy atom. The van der Waals surface area contributed by atoms with Crippen LogP contribution in [0.5, 0.6) is 5.75 Å². The van der Waals surface area contributed by atoms with Crippen molar-refractivity contribution in [3.8, 4) is 5.75 Å². The highest BCUT2D eigenvalue weighted by Gasteiger charge is 2.28. The molecule has 1 atom stereocenters. The van der Waals surface area contributed by atoms with E-state index in [-0.39, 0.29) is 23.6 Å². The first-order valence-electron chi connectivity index (χ1n) is 10.1. The average Bonchev–Trinajstić information content (AvgIpc) is 2.78. The molecule has 6 nitrogen and oxygen atoms in total. The summed E-state index contributed by atoms with van der Waals surface area (Å²) in [5.74, 6) is -0.250. The maximum Gasteiger partial charge on any atom is 0.257 e. The third-order valence-corrected chi connectivity index (χ3v) is 5.68. The number of amides is 2. The maximum atomic E-state index is 12.8. The van der Waals surface area contributed by atoms with Crippen LogP contribution >= 0.6 is 0 Å². The Kier molecular flexibility index (Phi) is 5.68. The molecule has 0 bridgehead atoms. The Hall–Kier alpha value is -3.38. The van der Waals surface area contributed by atoms with E-state index in [2.05, 4.69) is 10.2 Å². The predicted octanol–water partition coefficient (Wildman–Crippen LogP) is 3.33. The normalized spacial score (nSPS) is 15.7. The average molecular weight is 403 g/mol. The lowest BCUT2D eigenvalue weighted by molar-refractivity contribution is -0.121. The zero-order valence-corrected chi connectivity index (χ0v) is 16.9. The molecule has 1 saturated heterocycles. The fourth-order valence-electron chi connectivity index (χ4n) is 3.82. The summed E-state index contributed by atoms with van der Waals surface area (Å²) in [6.07, 6.45) is 0. The number of carbonyl (C=O) groups is 2. The molecule has 0 radical (unpaired) electrons. The summed E-state index contributed by atoms with van der Waals surface area (Å²) in [5.41, 5.74) is 1.09. The number of hydrogen-bond acceptors (Lipinski definition) is 4. The Labute approximate surface area is 175 Å². The number of hydrogen-bond donors (Lipinski definition) is 2. The second-order valence-corrected chi connectivity index (χ2v) is 7.57. The fraction of sp³-hybridized carbons (Fsp3) is 0.250. The van der Waals surface area contributed by atoms with E-state index < -0.39 is 0 Å². The van der Waals surface area contributed by atoms with Gasteiger partial charge in [0.05, 0.1) is 11.6 Å². The Balaban J connectivity index is 1.35. The number of aromatic hydroxyl groups is 1. The van der Waals surface area contributed by atoms with Gasteiger partial charge in [-0.2, -0.15) is 0 Å². The zero-order valence-electron chi connectivity index (χ0n) is 16.9. The van der Waals surface area contributed by atoms with Crippen molar-refractivity contribution in [3.63, 3.8) is 0 Å². The van der Waals surface area contributed by atoms with Crippen molar-refractivity contribution in [2.24, 2.45) is 0 Å². The van der Waals surface area contributed by atoms with Gasteiger partial charge in [0.1, 0.15) is 5.75 Å². The molecule has 1 aliphatic heterocycles. The quantitative estimate of drug-likeness (QED) is 0.701. The number of phenolic OH excluding ortho intramolecular Hbond substituents is 1. The minimum atomic E-state index is -0.307. The molecule has 0 spiro atoms. The Bertz CT molecular complexity index is 1070. The van der Waals surface area contributed by atoms with Crippen molar-refractivity contribution in [2.45, 2.75) is 13.0 Å². The molecular weight excluding hydrogens is 378 g/mol. The lowest BCUT2D eigenvalue weighted by atomic mass is 10.1. The van der Waals surface area contributed by atoms with Crippen LogP contribution in [0.15, 0.2) is 66.7 Å². The molecule has 1 unspecified atom stereocenters. The van der Waals surface area contributed by atoms with Gasteiger partial charge in [0.2, 0.25) is 5.91 Å². The van der Waals surface area contributed by atoms with Gasteiger partial charge in [-0.25, -0.2) is 0 Å². The minimum absolute atomic E-state index is 0.00643. The van der Waals surface area contributed by atoms with Crippen LogP contribution in [0.2, 0.25) is 0 Å². The summed E-state index contributed by atoms with van der Waals surface area (Å²) in [6, 6.07) is 20.2. The lowest BCUT2D eigenvalue weighted by Gasteiger charge is -2.37. The molecule has 2 amide bonds. The van der Waals surface area contributed by atoms with Crippen molar-refractivity contribution in [3.05, 3.63) is 72.3 Å². The van der Waals surface area contributed by atoms with Gasteiger partial charge in [-0.3, -0.25) is 14.5 Å². The molecule has 4 rings (SSSR count). The van der Waals surface area contributed by atoms with Gasteiger partial charge in [0.15, 0.2) is 0 Å². The standard InChI is InChI=1S/C24H25N3O3/c1-17(23(29)25-20-11-10-18-6-2-3-7-19(18)16-20)26-12-14-27(15-13-26)24(30)21-8-4-5-9-22(21)28/h2-11,16-17,28H,12-15H2,1H3,(H,25,29). The van der Waals surface area contributed by atoms with E-state index >= 15 is 0 Å². The van der Waals surface area contributed by atoms with E-state index in [0.29, 0.717) is 31.7 Å². The molecule has 0 aromatic heterocycles. The second-order valence-electron chi connectivity index (χ2n) is 7.57. The second kappa shape index (κ2) is 8.55. The molecule has 3 aromatic carbocycles. The van der Waals surface area contributed by atoms with Crippen molar-refractivity contribution in [1.82, 2.24) is 9.80 Å². The highest BCUT2D eigenvalue weighted by molar-refractivity contribution is 5.98. The van der Waals surface area contributed by atoms with Gasteiger partial charge < -0.3 is 15.3 Å². The molecule has 6 heteroatoms. The number of para-hydroxylation sites is 1. The van der Waals surface area contributed by atoms with E-state index in [1.54, 1.807) is 23.1 Å². The summed E-state index contributed by atoms with van der Waals surface area (Å²) in [5, 5.41) is 15.1. The molecule has 30 heavy (non-hydrogen) atoms. The number of piperazine rings is 1. The molecular formula is C24H25N3O3. The molecule has 154 valence electrons. The van der Waals surface area contributed by atoms with Crippen LogP contribution < -0.4 is 5.32 Å². The molecule has 1 fully saturated rings. The zero-order chi connectivity index (χ0) is 21.1. The van der Waals surface area contributed by atoms with E-state index in [9.17, 15) is 14.7 Å². The van der Waals surface area contributed by atoms with Gasteiger partial charge in [-0.05, 0) is 42.0 Å². The molecule has 0 saturated carbocycles. The first kappa shape index (κ1) is 19.9. The summed E-state index contributed by atoms with van der Waals surface area (Å²) in [4.78, 5) is 29.2. The van der Waals surface area contributed by atoms with Crippen LogP contribution in [-0.4, -0.2) is 58.9 Å². The van der Waals surface area contributed by atoms with E-state index in [1.165, 1.54) is 6.07 Å². The van der Waals surface area contributed by atoms with Crippen LogP contribution in [0, 0.1) is 0 Å². The summed E-state index contributed by atoms with van der Waals surface area (Å²) in [6.45, 7) is 4.12.